The van der Waals surface area contributed by atoms with Gasteiger partial charge >= 0.3 is 0 Å². The lowest BCUT2D eigenvalue weighted by molar-refractivity contribution is 0.312. The van der Waals surface area contributed by atoms with Crippen LogP contribution in [-0.4, -0.2) is 33.7 Å². The van der Waals surface area contributed by atoms with E-state index in [0.717, 1.165) is 42.0 Å². The second-order valence-electron chi connectivity index (χ2n) is 8.32. The van der Waals surface area contributed by atoms with Crippen LogP contribution in [0.15, 0.2) is 30.8 Å². The van der Waals surface area contributed by atoms with E-state index < -0.39 is 0 Å². The number of nitrogens with zero attached hydrogens (tertiary/aromatic N) is 2. The van der Waals surface area contributed by atoms with Crippen molar-refractivity contribution in [3.8, 4) is 11.4 Å². The van der Waals surface area contributed by atoms with E-state index in [0.29, 0.717) is 5.41 Å². The van der Waals surface area contributed by atoms with E-state index >= 15 is 0 Å². The third kappa shape index (κ3) is 2.83. The second-order valence-corrected chi connectivity index (χ2v) is 8.32. The Morgan fingerprint density at radius 2 is 2.12 bits per heavy atom. The first kappa shape index (κ1) is 17.0. The molecule has 0 radical (unpaired) electrons. The zero-order valence-corrected chi connectivity index (χ0v) is 16.2. The van der Waals surface area contributed by atoms with Crippen LogP contribution < -0.4 is 0 Å². The lowest BCUT2D eigenvalue weighted by atomic mass is 9.76. The van der Waals surface area contributed by atoms with Gasteiger partial charge in [-0.05, 0) is 55.4 Å². The summed E-state index contributed by atoms with van der Waals surface area (Å²) < 4.78 is 0. The summed E-state index contributed by atoms with van der Waals surface area (Å²) in [6.07, 6.45) is 3.37. The first-order chi connectivity index (χ1) is 12.4. The van der Waals surface area contributed by atoms with E-state index in [-0.39, 0.29) is 0 Å². The second kappa shape index (κ2) is 6.04. The Morgan fingerprint density at radius 3 is 2.88 bits per heavy atom. The molecule has 0 saturated heterocycles. The van der Waals surface area contributed by atoms with Crippen molar-refractivity contribution in [1.82, 2.24) is 20.1 Å². The number of hydrogen-bond acceptors (Lipinski definition) is 2. The minimum absolute atomic E-state index is 0.359. The number of rotatable bonds is 4. The normalized spacial score (nSPS) is 15.8. The molecule has 4 nitrogen and oxygen atoms in total. The maximum atomic E-state index is 4.65. The Balaban J connectivity index is 1.71. The van der Waals surface area contributed by atoms with Crippen LogP contribution in [0.3, 0.4) is 0 Å². The minimum Gasteiger partial charge on any atom is -0.375 e. The number of benzene rings is 1. The lowest BCUT2D eigenvalue weighted by Crippen LogP contribution is -2.21. The molecule has 0 atom stereocenters. The molecule has 3 aromatic rings. The molecule has 0 aliphatic heterocycles. The van der Waals surface area contributed by atoms with Crippen molar-refractivity contribution >= 4 is 16.6 Å². The Kier molecular flexibility index (Phi) is 3.94. The topological polar surface area (TPSA) is 47.7 Å². The summed E-state index contributed by atoms with van der Waals surface area (Å²) in [5, 5.41) is 9.14. The highest BCUT2D eigenvalue weighted by Crippen LogP contribution is 2.38. The molecule has 0 saturated carbocycles. The van der Waals surface area contributed by atoms with Crippen molar-refractivity contribution in [1.29, 1.82) is 0 Å². The van der Waals surface area contributed by atoms with Crippen molar-refractivity contribution in [3.63, 3.8) is 0 Å². The molecule has 1 aliphatic rings. The fraction of sp³-hybridized carbons (Fsp3) is 0.409. The summed E-state index contributed by atoms with van der Waals surface area (Å²) in [6, 6.07) is 8.71. The third-order valence-electron chi connectivity index (χ3n) is 5.80. The summed E-state index contributed by atoms with van der Waals surface area (Å²) in [4.78, 5) is 5.72. The molecule has 26 heavy (non-hydrogen) atoms. The molecule has 2 N–H and O–H groups in total. The highest BCUT2D eigenvalue weighted by Gasteiger charge is 2.29. The summed E-state index contributed by atoms with van der Waals surface area (Å²) >= 11 is 0. The van der Waals surface area contributed by atoms with E-state index in [1.807, 2.05) is 0 Å². The average Bonchev–Trinajstić information content (AvgIpc) is 3.21. The number of hydrogen-bond donors (Lipinski definition) is 2. The molecule has 1 aliphatic carbocycles. The van der Waals surface area contributed by atoms with Gasteiger partial charge in [0, 0.05) is 41.4 Å². The van der Waals surface area contributed by atoms with Gasteiger partial charge in [-0.3, -0.25) is 5.10 Å². The molecular formula is C22H28N4. The molecule has 4 rings (SSSR count). The van der Waals surface area contributed by atoms with Crippen LogP contribution in [-0.2, 0) is 12.8 Å². The van der Waals surface area contributed by atoms with Gasteiger partial charge in [0.25, 0.3) is 0 Å². The summed E-state index contributed by atoms with van der Waals surface area (Å²) in [6.45, 7) is 12.0. The van der Waals surface area contributed by atoms with Crippen molar-refractivity contribution in [2.24, 2.45) is 5.41 Å². The molecule has 2 aromatic heterocycles. The number of fused-ring (bicyclic) bond motifs is 2. The van der Waals surface area contributed by atoms with Crippen LogP contribution in [0.2, 0.25) is 0 Å². The summed E-state index contributed by atoms with van der Waals surface area (Å²) in [7, 11) is 2.08. The molecule has 0 fully saturated rings. The first-order valence-electron chi connectivity index (χ1n) is 9.47. The number of nitrogens with one attached hydrogen (secondary N) is 2. The summed E-state index contributed by atoms with van der Waals surface area (Å²) in [5.41, 5.74) is 8.58. The Morgan fingerprint density at radius 1 is 1.31 bits per heavy atom. The predicted molar refractivity (Wildman–Crippen MR) is 109 cm³/mol. The van der Waals surface area contributed by atoms with Gasteiger partial charge in [-0.1, -0.05) is 26.5 Å². The maximum absolute atomic E-state index is 4.65. The molecule has 0 amide bonds. The standard InChI is InChI=1S/C22H28N4/c1-6-26(5)14(2)15-7-8-18-16(11-15)12-19(23-18)21-17-9-10-22(3,4)13-20(17)24-25-21/h7-8,11-12,23H,2,6,9-10,13H2,1,3-5H3,(H,24,25). The van der Waals surface area contributed by atoms with Crippen molar-refractivity contribution in [3.05, 3.63) is 47.7 Å². The largest absolute Gasteiger partial charge is 0.375 e. The molecule has 0 bridgehead atoms. The molecule has 0 spiro atoms. The highest BCUT2D eigenvalue weighted by atomic mass is 15.1. The van der Waals surface area contributed by atoms with Gasteiger partial charge in [0.05, 0.1) is 5.69 Å². The van der Waals surface area contributed by atoms with Gasteiger partial charge < -0.3 is 9.88 Å². The highest BCUT2D eigenvalue weighted by molar-refractivity contribution is 5.88. The SMILES string of the molecule is C=C(c1ccc2[nH]c(-c3n[nH]c4c3CCC(C)(C)C4)cc2c1)N(C)CC. The third-order valence-corrected chi connectivity index (χ3v) is 5.80. The van der Waals surface area contributed by atoms with Gasteiger partial charge in [0.1, 0.15) is 5.69 Å². The maximum Gasteiger partial charge on any atom is 0.112 e. The van der Waals surface area contributed by atoms with Crippen molar-refractivity contribution < 1.29 is 0 Å². The molecule has 1 aromatic carbocycles. The van der Waals surface area contributed by atoms with E-state index in [2.05, 4.69) is 78.7 Å². The number of aromatic nitrogens is 3. The molecule has 4 heteroatoms. The van der Waals surface area contributed by atoms with E-state index in [9.17, 15) is 0 Å². The zero-order chi connectivity index (χ0) is 18.5. The Hall–Kier alpha value is -2.49. The number of aromatic amines is 2. The van der Waals surface area contributed by atoms with Crippen LogP contribution in [0.4, 0.5) is 0 Å². The van der Waals surface area contributed by atoms with Crippen LogP contribution in [0.5, 0.6) is 0 Å². The van der Waals surface area contributed by atoms with Crippen LogP contribution >= 0.6 is 0 Å². The van der Waals surface area contributed by atoms with E-state index in [4.69, 9.17) is 0 Å². The quantitative estimate of drug-likeness (QED) is 0.697. The van der Waals surface area contributed by atoms with Gasteiger partial charge in [-0.15, -0.1) is 0 Å². The first-order valence-corrected chi connectivity index (χ1v) is 9.47. The Labute approximate surface area is 155 Å². The van der Waals surface area contributed by atoms with Gasteiger partial charge in [-0.2, -0.15) is 5.10 Å². The molecule has 136 valence electrons. The molecular weight excluding hydrogens is 320 g/mol. The Bertz CT molecular complexity index is 973. The molecule has 2 heterocycles. The van der Waals surface area contributed by atoms with Crippen LogP contribution in [0.25, 0.3) is 28.0 Å². The monoisotopic (exact) mass is 348 g/mol. The van der Waals surface area contributed by atoms with E-state index in [1.54, 1.807) is 0 Å². The summed E-state index contributed by atoms with van der Waals surface area (Å²) in [5.74, 6) is 0. The lowest BCUT2D eigenvalue weighted by Gasteiger charge is -2.28. The van der Waals surface area contributed by atoms with Crippen LogP contribution in [0, 0.1) is 5.41 Å². The zero-order valence-electron chi connectivity index (χ0n) is 16.2. The van der Waals surface area contributed by atoms with Gasteiger partial charge in [-0.25, -0.2) is 0 Å². The van der Waals surface area contributed by atoms with Crippen LogP contribution in [0.1, 0.15) is 44.0 Å². The van der Waals surface area contributed by atoms with E-state index in [1.165, 1.54) is 28.6 Å². The van der Waals surface area contributed by atoms with Gasteiger partial charge in [0.15, 0.2) is 0 Å². The minimum atomic E-state index is 0.359. The smallest absolute Gasteiger partial charge is 0.112 e. The predicted octanol–water partition coefficient (Wildman–Crippen LogP) is 5.00. The molecule has 0 unspecified atom stereocenters. The number of H-pyrrole nitrogens is 2. The van der Waals surface area contributed by atoms with Gasteiger partial charge in [0.2, 0.25) is 0 Å². The average molecular weight is 348 g/mol. The fourth-order valence-corrected chi connectivity index (χ4v) is 3.92. The van der Waals surface area contributed by atoms with Crippen molar-refractivity contribution in [2.75, 3.05) is 13.6 Å². The van der Waals surface area contributed by atoms with Crippen molar-refractivity contribution in [2.45, 2.75) is 40.0 Å². The fourth-order valence-electron chi connectivity index (χ4n) is 3.92.